The molecule has 1 rings (SSSR count). The maximum atomic E-state index is 12.9. The Hall–Kier alpha value is -0.850. The molecule has 112 valence electrons. The highest BCUT2D eigenvalue weighted by Gasteiger charge is 2.37. The molecule has 1 amide bonds. The molecule has 0 spiro atoms. The van der Waals surface area contributed by atoms with Crippen LogP contribution in [0.4, 0.5) is 8.68 Å². The monoisotopic (exact) mass is 295 g/mol. The fraction of sp³-hybridized carbons (Fsp3) is 0.917. The first kappa shape index (κ1) is 16.2. The third kappa shape index (κ3) is 5.34. The minimum Gasteiger partial charge on any atom is -0.444 e. The number of amides is 1. The average Bonchev–Trinajstić information content (AvgIpc) is 2.11. The zero-order valence-corrected chi connectivity index (χ0v) is 12.7. The molecule has 1 heterocycles. The van der Waals surface area contributed by atoms with Gasteiger partial charge in [0, 0.05) is 6.04 Å². The topological polar surface area (TPSA) is 63.7 Å². The maximum Gasteiger partial charge on any atom is 0.410 e. The molecule has 7 heteroatoms. The number of hydrogen-bond donors (Lipinski definition) is 0. The Balaban J connectivity index is 2.86. The van der Waals surface area contributed by atoms with E-state index in [0.29, 0.717) is 6.42 Å². The van der Waals surface area contributed by atoms with Crippen LogP contribution in [0.2, 0.25) is 0 Å². The Bertz CT molecular complexity index is 430. The number of hydrogen-bond acceptors (Lipinski definition) is 4. The average molecular weight is 295 g/mol. The standard InChI is InChI=1S/C12H22FNO4S/c1-9-6-5-7-10(8-19(13,16)17)14(9)11(15)18-12(2,3)4/h9-10H,5-8H2,1-4H3. The van der Waals surface area contributed by atoms with Gasteiger partial charge in [-0.2, -0.15) is 8.42 Å². The Labute approximate surface area is 114 Å². The van der Waals surface area contributed by atoms with Gasteiger partial charge in [-0.05, 0) is 47.0 Å². The molecular formula is C12H22FNO4S. The van der Waals surface area contributed by atoms with Gasteiger partial charge < -0.3 is 9.64 Å². The lowest BCUT2D eigenvalue weighted by molar-refractivity contribution is 0.000368. The van der Waals surface area contributed by atoms with Crippen LogP contribution in [0.1, 0.15) is 47.0 Å². The molecule has 1 aliphatic heterocycles. The van der Waals surface area contributed by atoms with Crippen molar-refractivity contribution in [3.8, 4) is 0 Å². The second kappa shape index (κ2) is 5.64. The van der Waals surface area contributed by atoms with Gasteiger partial charge in [-0.1, -0.05) is 0 Å². The van der Waals surface area contributed by atoms with Gasteiger partial charge in [0.25, 0.3) is 0 Å². The van der Waals surface area contributed by atoms with Crippen molar-refractivity contribution in [2.24, 2.45) is 0 Å². The molecule has 0 aromatic rings. The largest absolute Gasteiger partial charge is 0.444 e. The number of carbonyl (C=O) groups is 1. The van der Waals surface area contributed by atoms with E-state index in [-0.39, 0.29) is 6.04 Å². The van der Waals surface area contributed by atoms with Crippen LogP contribution in [0, 0.1) is 0 Å². The predicted molar refractivity (Wildman–Crippen MR) is 70.1 cm³/mol. The molecule has 0 saturated carbocycles. The summed E-state index contributed by atoms with van der Waals surface area (Å²) in [6.07, 6.45) is 1.45. The molecule has 0 aliphatic carbocycles. The fourth-order valence-corrected chi connectivity index (χ4v) is 3.11. The molecule has 0 bridgehead atoms. The smallest absolute Gasteiger partial charge is 0.410 e. The molecule has 1 aliphatic rings. The van der Waals surface area contributed by atoms with Gasteiger partial charge in [0.2, 0.25) is 0 Å². The van der Waals surface area contributed by atoms with Gasteiger partial charge in [0.05, 0.1) is 6.04 Å². The van der Waals surface area contributed by atoms with E-state index in [0.717, 1.165) is 12.8 Å². The maximum absolute atomic E-state index is 12.9. The molecule has 1 saturated heterocycles. The van der Waals surface area contributed by atoms with Crippen molar-refractivity contribution in [3.63, 3.8) is 0 Å². The van der Waals surface area contributed by atoms with E-state index in [1.807, 2.05) is 6.92 Å². The summed E-state index contributed by atoms with van der Waals surface area (Å²) in [7, 11) is -4.61. The van der Waals surface area contributed by atoms with E-state index >= 15 is 0 Å². The third-order valence-electron chi connectivity index (χ3n) is 3.02. The van der Waals surface area contributed by atoms with E-state index in [1.165, 1.54) is 4.90 Å². The highest BCUT2D eigenvalue weighted by atomic mass is 32.3. The lowest BCUT2D eigenvalue weighted by Gasteiger charge is -2.40. The molecule has 0 aromatic carbocycles. The van der Waals surface area contributed by atoms with Gasteiger partial charge in [-0.15, -0.1) is 3.89 Å². The highest BCUT2D eigenvalue weighted by Crippen LogP contribution is 2.26. The van der Waals surface area contributed by atoms with E-state index in [4.69, 9.17) is 4.74 Å². The second-order valence-corrected chi connectivity index (χ2v) is 7.44. The number of nitrogens with zero attached hydrogens (tertiary/aromatic N) is 1. The summed E-state index contributed by atoms with van der Waals surface area (Å²) in [5.41, 5.74) is -0.659. The van der Waals surface area contributed by atoms with Gasteiger partial charge in [0.15, 0.2) is 0 Å². The molecule has 0 radical (unpaired) electrons. The molecule has 5 nitrogen and oxygen atoms in total. The Morgan fingerprint density at radius 3 is 2.42 bits per heavy atom. The van der Waals surface area contributed by atoms with Crippen LogP contribution in [0.5, 0.6) is 0 Å². The van der Waals surface area contributed by atoms with Crippen LogP contribution in [0.3, 0.4) is 0 Å². The van der Waals surface area contributed by atoms with E-state index in [9.17, 15) is 17.1 Å². The zero-order valence-electron chi connectivity index (χ0n) is 11.8. The van der Waals surface area contributed by atoms with Crippen molar-refractivity contribution in [2.75, 3.05) is 5.75 Å². The quantitative estimate of drug-likeness (QED) is 0.734. The number of ether oxygens (including phenoxy) is 1. The van der Waals surface area contributed by atoms with Crippen LogP contribution in [-0.2, 0) is 15.0 Å². The van der Waals surface area contributed by atoms with Gasteiger partial charge in [-0.25, -0.2) is 4.79 Å². The molecule has 2 atom stereocenters. The molecule has 0 N–H and O–H groups in total. The summed E-state index contributed by atoms with van der Waals surface area (Å²) in [5.74, 6) is -0.656. The lowest BCUT2D eigenvalue weighted by Crippen LogP contribution is -2.52. The predicted octanol–water partition coefficient (Wildman–Crippen LogP) is 2.46. The molecule has 19 heavy (non-hydrogen) atoms. The number of carbonyl (C=O) groups excluding carboxylic acids is 1. The van der Waals surface area contributed by atoms with Crippen molar-refractivity contribution < 1.29 is 21.8 Å². The van der Waals surface area contributed by atoms with Gasteiger partial charge in [-0.3, -0.25) is 0 Å². The Kier molecular flexibility index (Phi) is 4.81. The van der Waals surface area contributed by atoms with Crippen LogP contribution < -0.4 is 0 Å². The van der Waals surface area contributed by atoms with Gasteiger partial charge >= 0.3 is 16.3 Å². The minimum absolute atomic E-state index is 0.143. The third-order valence-corrected chi connectivity index (χ3v) is 3.81. The van der Waals surface area contributed by atoms with E-state index in [2.05, 4.69) is 0 Å². The second-order valence-electron chi connectivity index (χ2n) is 6.03. The highest BCUT2D eigenvalue weighted by molar-refractivity contribution is 7.86. The lowest BCUT2D eigenvalue weighted by atomic mass is 9.98. The molecular weight excluding hydrogens is 273 g/mol. The number of likely N-dealkylation sites (tertiary alicyclic amines) is 1. The molecule has 2 unspecified atom stereocenters. The van der Waals surface area contributed by atoms with Crippen molar-refractivity contribution in [3.05, 3.63) is 0 Å². The van der Waals surface area contributed by atoms with Crippen molar-refractivity contribution in [1.29, 1.82) is 0 Å². The van der Waals surface area contributed by atoms with Crippen LogP contribution in [0.25, 0.3) is 0 Å². The van der Waals surface area contributed by atoms with E-state index in [1.54, 1.807) is 20.8 Å². The summed E-state index contributed by atoms with van der Waals surface area (Å²) in [6.45, 7) is 7.03. The first-order chi connectivity index (χ1) is 8.49. The van der Waals surface area contributed by atoms with Crippen LogP contribution in [-0.4, -0.2) is 42.8 Å². The molecule has 1 fully saturated rings. The minimum atomic E-state index is -4.61. The van der Waals surface area contributed by atoms with Gasteiger partial charge in [0.1, 0.15) is 11.4 Å². The van der Waals surface area contributed by atoms with Crippen molar-refractivity contribution >= 4 is 16.3 Å². The molecule has 0 aromatic heterocycles. The first-order valence-electron chi connectivity index (χ1n) is 6.43. The zero-order chi connectivity index (χ0) is 14.8. The summed E-state index contributed by atoms with van der Waals surface area (Å²) in [4.78, 5) is 13.5. The summed E-state index contributed by atoms with van der Waals surface area (Å²) in [5, 5.41) is 0. The first-order valence-corrected chi connectivity index (χ1v) is 7.98. The SMILES string of the molecule is CC1CCCC(CS(=O)(=O)F)N1C(=O)OC(C)(C)C. The van der Waals surface area contributed by atoms with Crippen molar-refractivity contribution in [2.45, 2.75) is 64.6 Å². The number of rotatable bonds is 2. The summed E-state index contributed by atoms with van der Waals surface area (Å²) >= 11 is 0. The van der Waals surface area contributed by atoms with Crippen molar-refractivity contribution in [1.82, 2.24) is 4.90 Å². The van der Waals surface area contributed by atoms with Crippen LogP contribution in [0.15, 0.2) is 0 Å². The summed E-state index contributed by atoms with van der Waals surface area (Å²) in [6, 6.07) is -0.788. The fourth-order valence-electron chi connectivity index (χ4n) is 2.32. The number of halogens is 1. The van der Waals surface area contributed by atoms with E-state index < -0.39 is 33.7 Å². The normalized spacial score (nSPS) is 25.2. The summed E-state index contributed by atoms with van der Waals surface area (Å²) < 4.78 is 39.8. The number of piperidine rings is 1. The Morgan fingerprint density at radius 2 is 1.95 bits per heavy atom. The Morgan fingerprint density at radius 1 is 1.37 bits per heavy atom. The van der Waals surface area contributed by atoms with Crippen LogP contribution >= 0.6 is 0 Å².